The Kier molecular flexibility index (Phi) is 5.25. The summed E-state index contributed by atoms with van der Waals surface area (Å²) in [6.07, 6.45) is 14.1. The molecule has 0 saturated carbocycles. The highest BCUT2D eigenvalue weighted by atomic mass is 16.1. The van der Waals surface area contributed by atoms with Crippen LogP contribution in [0.15, 0.2) is 47.5 Å². The van der Waals surface area contributed by atoms with Crippen molar-refractivity contribution in [2.45, 2.75) is 38.0 Å². The van der Waals surface area contributed by atoms with Gasteiger partial charge in [-0.15, -0.1) is 0 Å². The molecule has 4 rings (SSSR count). The Balaban J connectivity index is 1.50. The van der Waals surface area contributed by atoms with Crippen LogP contribution in [0.1, 0.15) is 43.8 Å². The fraction of sp³-hybridized carbons (Fsp3) is 0.476. The van der Waals surface area contributed by atoms with Crippen molar-refractivity contribution < 1.29 is 0 Å². The summed E-state index contributed by atoms with van der Waals surface area (Å²) in [5, 5.41) is 0. The number of pyridine rings is 1. The van der Waals surface area contributed by atoms with E-state index in [-0.39, 0.29) is 5.56 Å². The van der Waals surface area contributed by atoms with Gasteiger partial charge in [-0.25, -0.2) is 4.98 Å². The van der Waals surface area contributed by atoms with Crippen LogP contribution in [0.2, 0.25) is 0 Å². The largest absolute Gasteiger partial charge is 0.310 e. The number of nitrogens with zero attached hydrogens (tertiary/aromatic N) is 3. The number of rotatable bonds is 4. The second-order valence-electron chi connectivity index (χ2n) is 7.50. The molecule has 0 unspecified atom stereocenters. The van der Waals surface area contributed by atoms with Crippen LogP contribution >= 0.6 is 0 Å². The number of hydrogen-bond acceptors (Lipinski definition) is 4. The number of allylic oxidation sites excluding steroid dienone is 2. The quantitative estimate of drug-likeness (QED) is 0.859. The van der Waals surface area contributed by atoms with Crippen molar-refractivity contribution in [1.82, 2.24) is 19.9 Å². The highest BCUT2D eigenvalue weighted by Gasteiger charge is 2.25. The van der Waals surface area contributed by atoms with E-state index in [1.165, 1.54) is 19.3 Å². The van der Waals surface area contributed by atoms with E-state index in [1.807, 2.05) is 12.1 Å². The van der Waals surface area contributed by atoms with E-state index in [4.69, 9.17) is 4.98 Å². The zero-order valence-corrected chi connectivity index (χ0v) is 15.1. The van der Waals surface area contributed by atoms with Crippen molar-refractivity contribution in [3.8, 4) is 11.3 Å². The number of piperidine rings is 1. The minimum Gasteiger partial charge on any atom is -0.310 e. The van der Waals surface area contributed by atoms with Gasteiger partial charge in [0.15, 0.2) is 0 Å². The average molecular weight is 350 g/mol. The molecule has 0 radical (unpaired) electrons. The zero-order chi connectivity index (χ0) is 17.8. The van der Waals surface area contributed by atoms with Crippen LogP contribution in [0.25, 0.3) is 11.3 Å². The standard InChI is InChI=1S/C21H26N4O/c26-20-13-19(17-8-10-22-11-9-17)23-21(24-20)18-7-4-12-25(15-18)14-16-5-2-1-3-6-16/h1-2,8-11,13,16,18H,3-7,12,14-15H2,(H,23,24,26)/t16-,18-/m1/s1. The van der Waals surface area contributed by atoms with Crippen LogP contribution in [-0.2, 0) is 0 Å². The Morgan fingerprint density at radius 3 is 2.88 bits per heavy atom. The van der Waals surface area contributed by atoms with Crippen LogP contribution < -0.4 is 5.56 Å². The van der Waals surface area contributed by atoms with Gasteiger partial charge in [0.2, 0.25) is 0 Å². The van der Waals surface area contributed by atoms with Crippen molar-refractivity contribution in [3.63, 3.8) is 0 Å². The number of nitrogens with one attached hydrogen (secondary N) is 1. The maximum atomic E-state index is 12.2. The predicted molar refractivity (Wildman–Crippen MR) is 103 cm³/mol. The zero-order valence-electron chi connectivity index (χ0n) is 15.1. The average Bonchev–Trinajstić information content (AvgIpc) is 2.69. The molecule has 2 aromatic heterocycles. The lowest BCUT2D eigenvalue weighted by Gasteiger charge is -2.35. The monoisotopic (exact) mass is 350 g/mol. The number of aromatic nitrogens is 3. The van der Waals surface area contributed by atoms with Crippen LogP contribution in [0.4, 0.5) is 0 Å². The molecule has 1 aliphatic heterocycles. The van der Waals surface area contributed by atoms with Crippen LogP contribution in [0.5, 0.6) is 0 Å². The molecular formula is C21H26N4O. The number of hydrogen-bond donors (Lipinski definition) is 1. The van der Waals surface area contributed by atoms with Gasteiger partial charge in [-0.05, 0) is 56.7 Å². The fourth-order valence-corrected chi connectivity index (χ4v) is 4.17. The molecule has 0 aromatic carbocycles. The Morgan fingerprint density at radius 1 is 1.19 bits per heavy atom. The van der Waals surface area contributed by atoms with Gasteiger partial charge >= 0.3 is 0 Å². The summed E-state index contributed by atoms with van der Waals surface area (Å²) in [6, 6.07) is 5.37. The van der Waals surface area contributed by atoms with Crippen molar-refractivity contribution in [2.75, 3.05) is 19.6 Å². The van der Waals surface area contributed by atoms with Crippen molar-refractivity contribution in [2.24, 2.45) is 5.92 Å². The Bertz CT molecular complexity index is 814. The molecule has 136 valence electrons. The first kappa shape index (κ1) is 17.2. The van der Waals surface area contributed by atoms with Crippen molar-refractivity contribution in [3.05, 3.63) is 58.9 Å². The molecule has 2 aromatic rings. The van der Waals surface area contributed by atoms with E-state index >= 15 is 0 Å². The first-order chi connectivity index (χ1) is 12.8. The van der Waals surface area contributed by atoms with Crippen molar-refractivity contribution in [1.29, 1.82) is 0 Å². The van der Waals surface area contributed by atoms with Crippen molar-refractivity contribution >= 4 is 0 Å². The highest BCUT2D eigenvalue weighted by Crippen LogP contribution is 2.27. The molecular weight excluding hydrogens is 324 g/mol. The Hall–Kier alpha value is -2.27. The van der Waals surface area contributed by atoms with E-state index in [9.17, 15) is 4.79 Å². The molecule has 1 fully saturated rings. The third-order valence-electron chi connectivity index (χ3n) is 5.52. The lowest BCUT2D eigenvalue weighted by Crippen LogP contribution is -2.38. The maximum absolute atomic E-state index is 12.2. The first-order valence-corrected chi connectivity index (χ1v) is 9.67. The third kappa shape index (κ3) is 4.10. The second kappa shape index (κ2) is 7.96. The Labute approximate surface area is 154 Å². The lowest BCUT2D eigenvalue weighted by atomic mass is 9.91. The number of aromatic amines is 1. The smallest absolute Gasteiger partial charge is 0.251 e. The molecule has 5 nitrogen and oxygen atoms in total. The van der Waals surface area contributed by atoms with Gasteiger partial charge < -0.3 is 9.88 Å². The van der Waals surface area contributed by atoms with E-state index < -0.39 is 0 Å². The minimum atomic E-state index is -0.0728. The molecule has 1 aliphatic carbocycles. The minimum absolute atomic E-state index is 0.0728. The van der Waals surface area contributed by atoms with Gasteiger partial charge in [0.1, 0.15) is 5.82 Å². The summed E-state index contributed by atoms with van der Waals surface area (Å²) in [5.74, 6) is 1.91. The SMILES string of the molecule is O=c1cc(-c2ccncc2)nc([C@@H]2CCCN(C[C@@H]3CC=CCC3)C2)[nH]1. The third-order valence-corrected chi connectivity index (χ3v) is 5.52. The summed E-state index contributed by atoms with van der Waals surface area (Å²) in [4.78, 5) is 26.6. The lowest BCUT2D eigenvalue weighted by molar-refractivity contribution is 0.171. The summed E-state index contributed by atoms with van der Waals surface area (Å²) < 4.78 is 0. The van der Waals surface area contributed by atoms with Gasteiger partial charge in [0, 0.05) is 43.0 Å². The van der Waals surface area contributed by atoms with E-state index in [1.54, 1.807) is 18.5 Å². The molecule has 2 aliphatic rings. The van der Waals surface area contributed by atoms with Crippen LogP contribution in [0, 0.1) is 5.92 Å². The molecule has 2 atom stereocenters. The van der Waals surface area contributed by atoms with Gasteiger partial charge in [0.25, 0.3) is 5.56 Å². The normalized spacial score (nSPS) is 23.8. The topological polar surface area (TPSA) is 61.9 Å². The van der Waals surface area contributed by atoms with Crippen LogP contribution in [0.3, 0.4) is 0 Å². The van der Waals surface area contributed by atoms with Gasteiger partial charge in [0.05, 0.1) is 5.69 Å². The van der Waals surface area contributed by atoms with E-state index in [0.717, 1.165) is 55.5 Å². The van der Waals surface area contributed by atoms with Gasteiger partial charge in [-0.1, -0.05) is 12.2 Å². The maximum Gasteiger partial charge on any atom is 0.251 e. The van der Waals surface area contributed by atoms with E-state index in [0.29, 0.717) is 5.92 Å². The number of H-pyrrole nitrogens is 1. The van der Waals surface area contributed by atoms with E-state index in [2.05, 4.69) is 27.0 Å². The first-order valence-electron chi connectivity index (χ1n) is 9.67. The molecule has 5 heteroatoms. The molecule has 1 saturated heterocycles. The van der Waals surface area contributed by atoms with Crippen LogP contribution in [-0.4, -0.2) is 39.5 Å². The molecule has 3 heterocycles. The fourth-order valence-electron chi connectivity index (χ4n) is 4.17. The second-order valence-corrected chi connectivity index (χ2v) is 7.50. The summed E-state index contributed by atoms with van der Waals surface area (Å²) in [6.45, 7) is 3.31. The predicted octanol–water partition coefficient (Wildman–Crippen LogP) is 3.37. The highest BCUT2D eigenvalue weighted by molar-refractivity contribution is 5.57. The summed E-state index contributed by atoms with van der Waals surface area (Å²) >= 11 is 0. The van der Waals surface area contributed by atoms with Gasteiger partial charge in [-0.2, -0.15) is 0 Å². The summed E-state index contributed by atoms with van der Waals surface area (Å²) in [5.41, 5.74) is 1.60. The Morgan fingerprint density at radius 2 is 2.08 bits per heavy atom. The molecule has 26 heavy (non-hydrogen) atoms. The van der Waals surface area contributed by atoms with Gasteiger partial charge in [-0.3, -0.25) is 9.78 Å². The molecule has 0 amide bonds. The molecule has 0 spiro atoms. The summed E-state index contributed by atoms with van der Waals surface area (Å²) in [7, 11) is 0. The molecule has 1 N–H and O–H groups in total. The molecule has 0 bridgehead atoms. The number of likely N-dealkylation sites (tertiary alicyclic amines) is 1.